The molecule has 162 valence electrons. The number of thioether (sulfide) groups is 1. The number of guanidine groups is 1. The van der Waals surface area contributed by atoms with E-state index in [1.807, 2.05) is 25.1 Å². The number of hydrogen-bond acceptors (Lipinski definition) is 6. The van der Waals surface area contributed by atoms with Crippen LogP contribution in [0.3, 0.4) is 0 Å². The number of aromatic nitrogens is 2. The number of amides is 1. The highest BCUT2D eigenvalue weighted by Gasteiger charge is 2.23. The number of fused-ring (bicyclic) bond motifs is 1. The highest BCUT2D eigenvalue weighted by Crippen LogP contribution is 2.33. The van der Waals surface area contributed by atoms with Crippen molar-refractivity contribution in [2.45, 2.75) is 19.1 Å². The molecule has 3 heterocycles. The van der Waals surface area contributed by atoms with Crippen molar-refractivity contribution in [2.75, 3.05) is 19.1 Å². The third-order valence-electron chi connectivity index (χ3n) is 4.51. The number of nitrogens with one attached hydrogen (secondary N) is 2. The van der Waals surface area contributed by atoms with E-state index >= 15 is 0 Å². The third-order valence-corrected chi connectivity index (χ3v) is 5.46. The lowest BCUT2D eigenvalue weighted by molar-refractivity contribution is -0.121. The van der Waals surface area contributed by atoms with Crippen LogP contribution in [0, 0.1) is 12.8 Å². The topological polar surface area (TPSA) is 101 Å². The molecule has 1 atom stereocenters. The predicted octanol–water partition coefficient (Wildman–Crippen LogP) is 2.94. The summed E-state index contributed by atoms with van der Waals surface area (Å²) in [6.07, 6.45) is 3.93. The van der Waals surface area contributed by atoms with Gasteiger partial charge in [0.05, 0.1) is 24.5 Å². The molecular formula is C19H23Cl2N5O3S. The zero-order chi connectivity index (χ0) is 19.3. The molecule has 2 N–H and O–H groups in total. The van der Waals surface area contributed by atoms with Crippen molar-refractivity contribution < 1.29 is 14.3 Å². The van der Waals surface area contributed by atoms with Gasteiger partial charge >= 0.3 is 0 Å². The maximum absolute atomic E-state index is 12.4. The molecule has 0 saturated heterocycles. The molecule has 1 unspecified atom stereocenters. The number of rotatable bonds is 7. The van der Waals surface area contributed by atoms with Crippen LogP contribution < -0.4 is 14.8 Å². The van der Waals surface area contributed by atoms with Crippen LogP contribution in [0.15, 0.2) is 34.5 Å². The number of H-pyrrole nitrogens is 1. The summed E-state index contributed by atoms with van der Waals surface area (Å²) >= 11 is 1.75. The van der Waals surface area contributed by atoms with E-state index in [4.69, 9.17) is 9.47 Å². The Labute approximate surface area is 191 Å². The fraction of sp³-hybridized carbons (Fsp3) is 0.368. The maximum atomic E-state index is 12.4. The normalized spacial score (nSPS) is 18.0. The summed E-state index contributed by atoms with van der Waals surface area (Å²) in [5.74, 6) is 3.09. The second kappa shape index (κ2) is 11.2. The molecular weight excluding hydrogens is 449 g/mol. The monoisotopic (exact) mass is 471 g/mol. The van der Waals surface area contributed by atoms with Gasteiger partial charge < -0.3 is 14.5 Å². The standard InChI is InChI=1S/C19H21N5O3S.2ClH/c1-12-15(23-10-22-12)9-28-5-4-20-19-21-8-14(18(25)24-19)6-13-2-3-16-17(7-13)27-11-26-16;;/h2-3,7-8,10,14H,4-6,9,11H2,1H3,(H,22,23)(H,20,24,25);2*1H. The van der Waals surface area contributed by atoms with Gasteiger partial charge in [-0.2, -0.15) is 11.8 Å². The van der Waals surface area contributed by atoms with Crippen LogP contribution in [0.25, 0.3) is 0 Å². The van der Waals surface area contributed by atoms with Gasteiger partial charge in [0.15, 0.2) is 11.5 Å². The van der Waals surface area contributed by atoms with Gasteiger partial charge in [0.25, 0.3) is 0 Å². The summed E-state index contributed by atoms with van der Waals surface area (Å²) in [6.45, 7) is 2.84. The molecule has 0 bridgehead atoms. The first kappa shape index (κ1) is 24.0. The van der Waals surface area contributed by atoms with Crippen molar-refractivity contribution in [3.05, 3.63) is 41.5 Å². The summed E-state index contributed by atoms with van der Waals surface area (Å²) < 4.78 is 10.7. The van der Waals surface area contributed by atoms with E-state index in [9.17, 15) is 4.79 Å². The molecule has 2 aliphatic heterocycles. The highest BCUT2D eigenvalue weighted by atomic mass is 35.5. The summed E-state index contributed by atoms with van der Waals surface area (Å²) in [4.78, 5) is 28.4. The van der Waals surface area contributed by atoms with E-state index in [2.05, 4.69) is 25.3 Å². The maximum Gasteiger partial charge on any atom is 0.235 e. The molecule has 1 aromatic carbocycles. The molecule has 1 aromatic heterocycles. The number of aromatic amines is 1. The van der Waals surface area contributed by atoms with Crippen LogP contribution in [-0.2, 0) is 17.0 Å². The van der Waals surface area contributed by atoms with Gasteiger partial charge in [0.1, 0.15) is 0 Å². The minimum Gasteiger partial charge on any atom is -0.454 e. The Balaban J connectivity index is 0.00000160. The predicted molar refractivity (Wildman–Crippen MR) is 123 cm³/mol. The zero-order valence-electron chi connectivity index (χ0n) is 16.3. The van der Waals surface area contributed by atoms with Crippen molar-refractivity contribution in [1.29, 1.82) is 0 Å². The quantitative estimate of drug-likeness (QED) is 0.604. The van der Waals surface area contributed by atoms with Crippen LogP contribution in [0.1, 0.15) is 17.0 Å². The number of ether oxygens (including phenoxy) is 2. The summed E-state index contributed by atoms with van der Waals surface area (Å²) in [5.41, 5.74) is 3.16. The second-order valence-corrected chi connectivity index (χ2v) is 7.60. The number of carbonyl (C=O) groups excluding carboxylic acids is 1. The van der Waals surface area contributed by atoms with E-state index in [-0.39, 0.29) is 43.4 Å². The largest absolute Gasteiger partial charge is 0.454 e. The SMILES string of the molecule is Cc1[nH]cnc1CSCCN=C1N=CC(Cc2ccc3c(c2)OCO3)C(=O)N1.Cl.Cl. The van der Waals surface area contributed by atoms with Crippen LogP contribution in [-0.4, -0.2) is 47.1 Å². The van der Waals surface area contributed by atoms with Crippen molar-refractivity contribution in [3.63, 3.8) is 0 Å². The number of aliphatic imine (C=N–C) groups is 2. The molecule has 0 saturated carbocycles. The molecule has 4 rings (SSSR count). The van der Waals surface area contributed by atoms with Gasteiger partial charge in [-0.3, -0.25) is 15.1 Å². The molecule has 0 aliphatic carbocycles. The molecule has 8 nitrogen and oxygen atoms in total. The number of nitrogens with zero attached hydrogens (tertiary/aromatic N) is 3. The first-order chi connectivity index (χ1) is 13.7. The van der Waals surface area contributed by atoms with Gasteiger partial charge in [0.2, 0.25) is 18.7 Å². The molecule has 2 aromatic rings. The Kier molecular flexibility index (Phi) is 9.01. The lowest BCUT2D eigenvalue weighted by Crippen LogP contribution is -2.40. The molecule has 2 aliphatic rings. The first-order valence-electron chi connectivity index (χ1n) is 9.03. The molecule has 30 heavy (non-hydrogen) atoms. The minimum absolute atomic E-state index is 0. The Morgan fingerprint density at radius 1 is 1.27 bits per heavy atom. The number of benzene rings is 1. The van der Waals surface area contributed by atoms with Gasteiger partial charge in [-0.15, -0.1) is 24.8 Å². The average Bonchev–Trinajstić information content (AvgIpc) is 3.32. The number of carbonyl (C=O) groups is 1. The number of hydrogen-bond donors (Lipinski definition) is 2. The zero-order valence-corrected chi connectivity index (χ0v) is 18.7. The summed E-state index contributed by atoms with van der Waals surface area (Å²) in [7, 11) is 0. The molecule has 0 spiro atoms. The fourth-order valence-electron chi connectivity index (χ4n) is 2.93. The lowest BCUT2D eigenvalue weighted by atomic mass is 9.98. The molecule has 1 amide bonds. The first-order valence-corrected chi connectivity index (χ1v) is 10.2. The van der Waals surface area contributed by atoms with E-state index < -0.39 is 0 Å². The van der Waals surface area contributed by atoms with Gasteiger partial charge in [-0.1, -0.05) is 6.07 Å². The van der Waals surface area contributed by atoms with Crippen molar-refractivity contribution in [2.24, 2.45) is 15.9 Å². The third kappa shape index (κ3) is 5.90. The van der Waals surface area contributed by atoms with Crippen molar-refractivity contribution >= 4 is 54.7 Å². The minimum atomic E-state index is -0.323. The average molecular weight is 472 g/mol. The summed E-state index contributed by atoms with van der Waals surface area (Å²) in [6, 6.07) is 5.71. The van der Waals surface area contributed by atoms with E-state index in [1.54, 1.807) is 24.3 Å². The van der Waals surface area contributed by atoms with Crippen LogP contribution in [0.4, 0.5) is 0 Å². The summed E-state index contributed by atoms with van der Waals surface area (Å²) in [5, 5.41) is 2.78. The van der Waals surface area contributed by atoms with Crippen LogP contribution in [0.2, 0.25) is 0 Å². The number of aryl methyl sites for hydroxylation is 1. The fourth-order valence-corrected chi connectivity index (χ4v) is 3.78. The van der Waals surface area contributed by atoms with Gasteiger partial charge in [0, 0.05) is 23.4 Å². The second-order valence-electron chi connectivity index (χ2n) is 6.50. The van der Waals surface area contributed by atoms with E-state index in [0.717, 1.165) is 40.0 Å². The highest BCUT2D eigenvalue weighted by molar-refractivity contribution is 7.98. The van der Waals surface area contributed by atoms with E-state index in [1.165, 1.54) is 0 Å². The van der Waals surface area contributed by atoms with E-state index in [0.29, 0.717) is 18.9 Å². The molecule has 0 fully saturated rings. The number of halogens is 2. The molecule has 0 radical (unpaired) electrons. The Morgan fingerprint density at radius 3 is 2.87 bits per heavy atom. The van der Waals surface area contributed by atoms with Crippen LogP contribution >= 0.6 is 36.6 Å². The number of imidazole rings is 1. The van der Waals surface area contributed by atoms with Gasteiger partial charge in [-0.05, 0) is 31.0 Å². The molecule has 11 heteroatoms. The van der Waals surface area contributed by atoms with Crippen LogP contribution in [0.5, 0.6) is 11.5 Å². The Bertz CT molecular complexity index is 935. The van der Waals surface area contributed by atoms with Crippen molar-refractivity contribution in [1.82, 2.24) is 15.3 Å². The Morgan fingerprint density at radius 2 is 2.10 bits per heavy atom. The van der Waals surface area contributed by atoms with Gasteiger partial charge in [-0.25, -0.2) is 9.98 Å². The van der Waals surface area contributed by atoms with Crippen molar-refractivity contribution in [3.8, 4) is 11.5 Å². The Hall–Kier alpha value is -2.23. The smallest absolute Gasteiger partial charge is 0.235 e. The lowest BCUT2D eigenvalue weighted by Gasteiger charge is -2.17.